The molecule has 14 heavy (non-hydrogen) atoms. The largest absolute Gasteiger partial charge is 0.296 e. The number of hydrogen-bond donors (Lipinski definition) is 0. The van der Waals surface area contributed by atoms with Crippen LogP contribution in [-0.2, 0) is 6.54 Å². The molecule has 3 heteroatoms. The van der Waals surface area contributed by atoms with Gasteiger partial charge in [-0.3, -0.25) is 9.48 Å². The van der Waals surface area contributed by atoms with Crippen LogP contribution in [0.3, 0.4) is 0 Å². The molecule has 0 amide bonds. The monoisotopic (exact) mass is 186 g/mol. The molecule has 0 unspecified atom stereocenters. The summed E-state index contributed by atoms with van der Waals surface area (Å²) in [6.45, 7) is 0.703. The minimum Gasteiger partial charge on any atom is -0.296 e. The average molecular weight is 186 g/mol. The van der Waals surface area contributed by atoms with Crippen molar-refractivity contribution in [2.45, 2.75) is 6.54 Å². The Morgan fingerprint density at radius 2 is 2.00 bits per heavy atom. The van der Waals surface area contributed by atoms with Gasteiger partial charge in [-0.1, -0.05) is 30.3 Å². The summed E-state index contributed by atoms with van der Waals surface area (Å²) in [4.78, 5) is 10.4. The maximum absolute atomic E-state index is 10.4. The van der Waals surface area contributed by atoms with E-state index >= 15 is 0 Å². The Bertz CT molecular complexity index is 420. The van der Waals surface area contributed by atoms with Crippen LogP contribution < -0.4 is 0 Å². The smallest absolute Gasteiger partial charge is 0.170 e. The number of hydrogen-bond acceptors (Lipinski definition) is 2. The molecule has 2 aromatic rings. The highest BCUT2D eigenvalue weighted by Crippen LogP contribution is 2.01. The third kappa shape index (κ3) is 1.88. The zero-order chi connectivity index (χ0) is 9.80. The second kappa shape index (κ2) is 3.87. The molecule has 0 aliphatic rings. The quantitative estimate of drug-likeness (QED) is 0.684. The maximum atomic E-state index is 10.4. The predicted octanol–water partition coefficient (Wildman–Crippen LogP) is 1.74. The van der Waals surface area contributed by atoms with Crippen molar-refractivity contribution in [2.24, 2.45) is 0 Å². The van der Waals surface area contributed by atoms with Crippen LogP contribution in [0.25, 0.3) is 0 Å². The van der Waals surface area contributed by atoms with Crippen molar-refractivity contribution in [3.63, 3.8) is 0 Å². The highest BCUT2D eigenvalue weighted by atomic mass is 16.1. The summed E-state index contributed by atoms with van der Waals surface area (Å²) in [6, 6.07) is 11.7. The Kier molecular flexibility index (Phi) is 2.40. The van der Waals surface area contributed by atoms with Gasteiger partial charge in [0.15, 0.2) is 6.29 Å². The number of benzene rings is 1. The molecule has 0 aliphatic heterocycles. The molecule has 3 nitrogen and oxygen atoms in total. The Labute approximate surface area is 82.0 Å². The Hall–Kier alpha value is -1.90. The Morgan fingerprint density at radius 1 is 1.21 bits per heavy atom. The van der Waals surface area contributed by atoms with Gasteiger partial charge in [0.2, 0.25) is 0 Å². The lowest BCUT2D eigenvalue weighted by molar-refractivity contribution is 0.111. The summed E-state index contributed by atoms with van der Waals surface area (Å²) in [5.74, 6) is 0. The van der Waals surface area contributed by atoms with Crippen molar-refractivity contribution in [3.05, 3.63) is 53.9 Å². The molecule has 0 saturated carbocycles. The summed E-state index contributed by atoms with van der Waals surface area (Å²) < 4.78 is 1.75. The molecule has 0 fully saturated rings. The van der Waals surface area contributed by atoms with E-state index in [4.69, 9.17) is 0 Å². The van der Waals surface area contributed by atoms with Crippen molar-refractivity contribution in [3.8, 4) is 0 Å². The molecule has 0 bridgehead atoms. The van der Waals surface area contributed by atoms with Crippen LogP contribution in [0.5, 0.6) is 0 Å². The topological polar surface area (TPSA) is 34.9 Å². The summed E-state index contributed by atoms with van der Waals surface area (Å²) in [7, 11) is 0. The molecule has 1 aromatic carbocycles. The molecule has 0 radical (unpaired) electrons. The zero-order valence-corrected chi connectivity index (χ0v) is 7.63. The van der Waals surface area contributed by atoms with Crippen LogP contribution in [0.15, 0.2) is 42.6 Å². The fourth-order valence-electron chi connectivity index (χ4n) is 1.30. The number of aldehydes is 1. The molecule has 0 N–H and O–H groups in total. The van der Waals surface area contributed by atoms with Crippen LogP contribution in [-0.4, -0.2) is 16.1 Å². The molecule has 1 aromatic heterocycles. The number of aromatic nitrogens is 2. The maximum Gasteiger partial charge on any atom is 0.170 e. The lowest BCUT2D eigenvalue weighted by Crippen LogP contribution is -2.00. The third-order valence-corrected chi connectivity index (χ3v) is 1.97. The Morgan fingerprint density at radius 3 is 2.64 bits per heavy atom. The molecule has 0 spiro atoms. The molecular formula is C11H10N2O. The van der Waals surface area contributed by atoms with Gasteiger partial charge < -0.3 is 0 Å². The van der Waals surface area contributed by atoms with Gasteiger partial charge in [-0.2, -0.15) is 5.10 Å². The van der Waals surface area contributed by atoms with E-state index in [9.17, 15) is 4.79 Å². The van der Waals surface area contributed by atoms with Gasteiger partial charge in [-0.15, -0.1) is 0 Å². The number of carbonyl (C=O) groups is 1. The van der Waals surface area contributed by atoms with Crippen LogP contribution >= 0.6 is 0 Å². The fraction of sp³-hybridized carbons (Fsp3) is 0.0909. The van der Waals surface area contributed by atoms with E-state index in [1.165, 1.54) is 5.56 Å². The number of rotatable bonds is 3. The van der Waals surface area contributed by atoms with Crippen molar-refractivity contribution < 1.29 is 4.79 Å². The molecule has 1 heterocycles. The van der Waals surface area contributed by atoms with Gasteiger partial charge in [0.1, 0.15) is 5.69 Å². The first-order valence-corrected chi connectivity index (χ1v) is 4.41. The van der Waals surface area contributed by atoms with E-state index < -0.39 is 0 Å². The van der Waals surface area contributed by atoms with Crippen LogP contribution in [0.4, 0.5) is 0 Å². The van der Waals surface area contributed by atoms with Gasteiger partial charge in [-0.05, 0) is 11.6 Å². The van der Waals surface area contributed by atoms with Crippen molar-refractivity contribution in [1.29, 1.82) is 0 Å². The first-order chi connectivity index (χ1) is 6.88. The van der Waals surface area contributed by atoms with Gasteiger partial charge in [0.05, 0.1) is 6.54 Å². The molecule has 70 valence electrons. The average Bonchev–Trinajstić information content (AvgIpc) is 2.67. The minimum absolute atomic E-state index is 0.473. The normalized spacial score (nSPS) is 10.0. The van der Waals surface area contributed by atoms with Crippen molar-refractivity contribution in [1.82, 2.24) is 9.78 Å². The number of nitrogens with zero attached hydrogens (tertiary/aromatic N) is 2. The van der Waals surface area contributed by atoms with Crippen LogP contribution in [0.1, 0.15) is 16.1 Å². The second-order valence-corrected chi connectivity index (χ2v) is 3.04. The lowest BCUT2D eigenvalue weighted by Gasteiger charge is -2.00. The summed E-state index contributed by atoms with van der Waals surface area (Å²) in [5.41, 5.74) is 1.65. The molecule has 2 rings (SSSR count). The Balaban J connectivity index is 2.15. The molecular weight excluding hydrogens is 176 g/mol. The van der Waals surface area contributed by atoms with Crippen LogP contribution in [0.2, 0.25) is 0 Å². The molecule has 0 atom stereocenters. The first kappa shape index (κ1) is 8.69. The van der Waals surface area contributed by atoms with Gasteiger partial charge in [0, 0.05) is 6.20 Å². The molecule has 0 saturated heterocycles. The third-order valence-electron chi connectivity index (χ3n) is 1.97. The van der Waals surface area contributed by atoms with E-state index in [-0.39, 0.29) is 0 Å². The predicted molar refractivity (Wildman–Crippen MR) is 53.2 cm³/mol. The summed E-state index contributed by atoms with van der Waals surface area (Å²) in [6.07, 6.45) is 2.55. The second-order valence-electron chi connectivity index (χ2n) is 3.04. The highest BCUT2D eigenvalue weighted by Gasteiger charge is 1.97. The van der Waals surface area contributed by atoms with Crippen LogP contribution in [0, 0.1) is 0 Å². The van der Waals surface area contributed by atoms with E-state index in [1.807, 2.05) is 30.3 Å². The number of carbonyl (C=O) groups excluding carboxylic acids is 1. The van der Waals surface area contributed by atoms with Crippen molar-refractivity contribution in [2.75, 3.05) is 0 Å². The SMILES string of the molecule is O=Cc1ccn(Cc2ccccc2)n1. The van der Waals surface area contributed by atoms with Gasteiger partial charge >= 0.3 is 0 Å². The summed E-state index contributed by atoms with van der Waals surface area (Å²) >= 11 is 0. The van der Waals surface area contributed by atoms with Gasteiger partial charge in [0.25, 0.3) is 0 Å². The van der Waals surface area contributed by atoms with E-state index in [0.717, 1.165) is 6.29 Å². The summed E-state index contributed by atoms with van der Waals surface area (Å²) in [5, 5.41) is 4.07. The zero-order valence-electron chi connectivity index (χ0n) is 7.63. The first-order valence-electron chi connectivity index (χ1n) is 4.41. The van der Waals surface area contributed by atoms with Crippen molar-refractivity contribution >= 4 is 6.29 Å². The van der Waals surface area contributed by atoms with E-state index in [2.05, 4.69) is 5.10 Å². The fourth-order valence-corrected chi connectivity index (χ4v) is 1.30. The molecule has 0 aliphatic carbocycles. The van der Waals surface area contributed by atoms with E-state index in [0.29, 0.717) is 12.2 Å². The van der Waals surface area contributed by atoms with E-state index in [1.54, 1.807) is 16.9 Å². The minimum atomic E-state index is 0.473. The lowest BCUT2D eigenvalue weighted by atomic mass is 10.2. The highest BCUT2D eigenvalue weighted by molar-refractivity contribution is 5.71. The van der Waals surface area contributed by atoms with Gasteiger partial charge in [-0.25, -0.2) is 0 Å². The standard InChI is InChI=1S/C11H10N2O/c14-9-11-6-7-13(12-11)8-10-4-2-1-3-5-10/h1-7,9H,8H2.